The first-order valence-corrected chi connectivity index (χ1v) is 9.15. The van der Waals surface area contributed by atoms with Gasteiger partial charge in [0.25, 0.3) is 0 Å². The Kier molecular flexibility index (Phi) is 14.6. The Balaban J connectivity index is 0.000000465. The summed E-state index contributed by atoms with van der Waals surface area (Å²) in [7, 11) is 0. The molecule has 0 radical (unpaired) electrons. The van der Waals surface area contributed by atoms with E-state index in [0.717, 1.165) is 19.3 Å². The fourth-order valence-electron chi connectivity index (χ4n) is 2.87. The van der Waals surface area contributed by atoms with Crippen molar-refractivity contribution in [1.29, 1.82) is 0 Å². The average Bonchev–Trinajstić information content (AvgIpc) is 3.46. The van der Waals surface area contributed by atoms with Crippen LogP contribution in [0.2, 0.25) is 0 Å². The summed E-state index contributed by atoms with van der Waals surface area (Å²) in [5.74, 6) is 0. The van der Waals surface area contributed by atoms with Crippen molar-refractivity contribution in [2.75, 3.05) is 0 Å². The predicted octanol–water partition coefficient (Wildman–Crippen LogP) is 6.65. The minimum Gasteiger partial charge on any atom is -0.747 e. The van der Waals surface area contributed by atoms with Gasteiger partial charge in [-0.05, 0) is 0 Å². The average molecular weight is 440 g/mol. The molecular formula is C25H28Fe2-8. The third kappa shape index (κ3) is 9.27. The summed E-state index contributed by atoms with van der Waals surface area (Å²) in [5.41, 5.74) is 5.99. The van der Waals surface area contributed by atoms with Crippen molar-refractivity contribution in [1.82, 2.24) is 0 Å². The molecule has 0 heterocycles. The monoisotopic (exact) mass is 440 g/mol. The van der Waals surface area contributed by atoms with Gasteiger partial charge in [-0.3, -0.25) is 0 Å². The van der Waals surface area contributed by atoms with Crippen LogP contribution in [-0.4, -0.2) is 0 Å². The van der Waals surface area contributed by atoms with Gasteiger partial charge in [-0.1, -0.05) is 20.3 Å². The molecule has 0 amide bonds. The zero-order chi connectivity index (χ0) is 17.7. The van der Waals surface area contributed by atoms with E-state index >= 15 is 0 Å². The van der Waals surface area contributed by atoms with E-state index in [0.29, 0.717) is 0 Å². The summed E-state index contributed by atoms with van der Waals surface area (Å²) in [5, 5.41) is 0. The van der Waals surface area contributed by atoms with Gasteiger partial charge in [-0.2, -0.15) is 53.6 Å². The Hall–Kier alpha value is -1.56. The molecule has 0 bridgehead atoms. The summed E-state index contributed by atoms with van der Waals surface area (Å²) >= 11 is 0. The molecule has 0 nitrogen and oxygen atoms in total. The van der Waals surface area contributed by atoms with E-state index < -0.39 is 0 Å². The molecule has 4 rings (SSSR count). The number of rotatable bonds is 4. The van der Waals surface area contributed by atoms with E-state index in [-0.39, 0.29) is 34.1 Å². The van der Waals surface area contributed by atoms with Gasteiger partial charge in [-0.25, -0.2) is 49.2 Å². The second kappa shape index (κ2) is 15.5. The summed E-state index contributed by atoms with van der Waals surface area (Å²) in [6.45, 7) is 4.45. The van der Waals surface area contributed by atoms with Crippen LogP contribution in [0.15, 0.2) is 97.1 Å². The van der Waals surface area contributed by atoms with E-state index in [1.807, 2.05) is 60.7 Å². The number of hydrogen-bond donors (Lipinski definition) is 0. The maximum absolute atomic E-state index is 2.26. The maximum atomic E-state index is 2.26. The fourth-order valence-corrected chi connectivity index (χ4v) is 2.87. The minimum absolute atomic E-state index is 0. The van der Waals surface area contributed by atoms with Crippen LogP contribution in [0.4, 0.5) is 0 Å². The molecule has 4 aromatic rings. The SMILES string of the molecule is CC[c-]1cccc1C[c-]1[cH-][cH-][cH-][c-]1CC.[Fe].[Fe].c1cc[cH-]c1.c1cc[cH-]c1. The van der Waals surface area contributed by atoms with Gasteiger partial charge in [0.05, 0.1) is 0 Å². The van der Waals surface area contributed by atoms with Crippen molar-refractivity contribution in [3.05, 3.63) is 119 Å². The van der Waals surface area contributed by atoms with Crippen molar-refractivity contribution in [2.45, 2.75) is 33.1 Å². The summed E-state index contributed by atoms with van der Waals surface area (Å²) in [6, 6.07) is 33.3. The van der Waals surface area contributed by atoms with Crippen molar-refractivity contribution in [3.63, 3.8) is 0 Å². The summed E-state index contributed by atoms with van der Waals surface area (Å²) in [6.07, 6.45) is 3.39. The zero-order valence-electron chi connectivity index (χ0n) is 16.1. The maximum Gasteiger partial charge on any atom is 0 e. The van der Waals surface area contributed by atoms with Crippen molar-refractivity contribution < 1.29 is 34.1 Å². The van der Waals surface area contributed by atoms with Crippen molar-refractivity contribution in [3.8, 4) is 0 Å². The molecule has 27 heavy (non-hydrogen) atoms. The quantitative estimate of drug-likeness (QED) is 0.246. The predicted molar refractivity (Wildman–Crippen MR) is 110 cm³/mol. The largest absolute Gasteiger partial charge is 0.747 e. The molecule has 0 spiro atoms. The van der Waals surface area contributed by atoms with Gasteiger partial charge in [0.15, 0.2) is 0 Å². The van der Waals surface area contributed by atoms with E-state index in [4.69, 9.17) is 0 Å². The van der Waals surface area contributed by atoms with Crippen molar-refractivity contribution in [2.24, 2.45) is 0 Å². The molecule has 152 valence electrons. The smallest absolute Gasteiger partial charge is 0 e. The van der Waals surface area contributed by atoms with E-state index in [1.165, 1.54) is 22.3 Å². The van der Waals surface area contributed by atoms with Gasteiger partial charge < -0.3 is 29.3 Å². The van der Waals surface area contributed by atoms with Gasteiger partial charge in [0.2, 0.25) is 0 Å². The molecule has 0 unspecified atom stereocenters. The third-order valence-electron chi connectivity index (χ3n) is 4.27. The molecule has 0 N–H and O–H groups in total. The van der Waals surface area contributed by atoms with Crippen LogP contribution in [0.5, 0.6) is 0 Å². The Morgan fingerprint density at radius 2 is 1.30 bits per heavy atom. The zero-order valence-corrected chi connectivity index (χ0v) is 18.3. The van der Waals surface area contributed by atoms with Crippen LogP contribution >= 0.6 is 0 Å². The van der Waals surface area contributed by atoms with Crippen LogP contribution in [0, 0.1) is 0 Å². The van der Waals surface area contributed by atoms with Gasteiger partial charge in [0, 0.05) is 34.1 Å². The number of aryl methyl sites for hydroxylation is 2. The molecule has 0 fully saturated rings. The number of hydrogen-bond acceptors (Lipinski definition) is 0. The van der Waals surface area contributed by atoms with Crippen molar-refractivity contribution >= 4 is 0 Å². The Morgan fingerprint density at radius 1 is 0.741 bits per heavy atom. The first kappa shape index (κ1) is 25.4. The molecule has 0 aromatic heterocycles. The molecule has 0 aliphatic rings. The van der Waals surface area contributed by atoms with E-state index in [1.54, 1.807) is 0 Å². The Morgan fingerprint density at radius 3 is 1.74 bits per heavy atom. The summed E-state index contributed by atoms with van der Waals surface area (Å²) in [4.78, 5) is 0. The minimum atomic E-state index is 0. The Bertz CT molecular complexity index is 654. The van der Waals surface area contributed by atoms with Gasteiger partial charge in [-0.15, -0.1) is 0 Å². The first-order valence-electron chi connectivity index (χ1n) is 9.15. The normalized spacial score (nSPS) is 8.96. The second-order valence-corrected chi connectivity index (χ2v) is 5.96. The van der Waals surface area contributed by atoms with E-state index in [9.17, 15) is 0 Å². The topological polar surface area (TPSA) is 0 Å². The molecule has 0 aliphatic heterocycles. The van der Waals surface area contributed by atoms with E-state index in [2.05, 4.69) is 50.2 Å². The molecule has 4 aromatic carbocycles. The van der Waals surface area contributed by atoms with Crippen LogP contribution in [0.25, 0.3) is 0 Å². The molecule has 0 atom stereocenters. The van der Waals surface area contributed by atoms with Crippen LogP contribution in [0.3, 0.4) is 0 Å². The molecule has 0 aliphatic carbocycles. The molecule has 0 saturated heterocycles. The van der Waals surface area contributed by atoms with Gasteiger partial charge in [0.1, 0.15) is 0 Å². The van der Waals surface area contributed by atoms with Crippen LogP contribution in [-0.2, 0) is 53.4 Å². The third-order valence-corrected chi connectivity index (χ3v) is 4.27. The summed E-state index contributed by atoms with van der Waals surface area (Å²) < 4.78 is 0. The molecule has 2 heteroatoms. The molecular weight excluding hydrogens is 412 g/mol. The van der Waals surface area contributed by atoms with Crippen LogP contribution < -0.4 is 0 Å². The standard InChI is InChI=1S/C15H18.2C5H5.2Fe/c1-3-12-7-5-9-14(12)11-15-10-6-8-13(15)4-2;2*1-2-4-5-3-1;;/h5-10H,3-4,11H2,1-2H3;2*1-5H;;/q-6;2*-1;;. The first-order chi connectivity index (χ1) is 12.3. The molecule has 0 saturated carbocycles. The fraction of sp³-hybridized carbons (Fsp3) is 0.200. The van der Waals surface area contributed by atoms with Gasteiger partial charge >= 0.3 is 0 Å². The van der Waals surface area contributed by atoms with Crippen LogP contribution in [0.1, 0.15) is 36.1 Å². The second-order valence-electron chi connectivity index (χ2n) is 5.96. The Labute approximate surface area is 186 Å².